The molecule has 0 aromatic heterocycles. The molecule has 0 aliphatic carbocycles. The Kier molecular flexibility index (Phi) is 8.05. The second-order valence-electron chi connectivity index (χ2n) is 6.66. The van der Waals surface area contributed by atoms with Gasteiger partial charge in [0, 0.05) is 19.7 Å². The Labute approximate surface area is 146 Å². The van der Waals surface area contributed by atoms with Gasteiger partial charge in [0.1, 0.15) is 0 Å². The van der Waals surface area contributed by atoms with Gasteiger partial charge in [-0.15, -0.1) is 0 Å². The molecule has 1 unspecified atom stereocenters. The lowest BCUT2D eigenvalue weighted by molar-refractivity contribution is 0.179. The molecule has 1 heterocycles. The van der Waals surface area contributed by atoms with Crippen molar-refractivity contribution in [3.8, 4) is 0 Å². The normalized spacial score (nSPS) is 18.2. The number of rotatable bonds is 7. The number of nitrogens with zero attached hydrogens (tertiary/aromatic N) is 2. The van der Waals surface area contributed by atoms with Crippen LogP contribution in [0.2, 0.25) is 0 Å². The van der Waals surface area contributed by atoms with Gasteiger partial charge in [0.15, 0.2) is 5.96 Å². The third kappa shape index (κ3) is 6.49. The molecule has 1 aromatic carbocycles. The van der Waals surface area contributed by atoms with Crippen molar-refractivity contribution in [2.45, 2.75) is 51.7 Å². The summed E-state index contributed by atoms with van der Waals surface area (Å²) in [6.07, 6.45) is 5.36. The monoisotopic (exact) mass is 332 g/mol. The van der Waals surface area contributed by atoms with Crippen LogP contribution in [0.4, 0.5) is 0 Å². The zero-order valence-corrected chi connectivity index (χ0v) is 15.1. The average molecular weight is 332 g/mol. The molecule has 24 heavy (non-hydrogen) atoms. The van der Waals surface area contributed by atoms with Gasteiger partial charge in [-0.05, 0) is 44.0 Å². The van der Waals surface area contributed by atoms with E-state index in [1.165, 1.54) is 49.9 Å². The van der Waals surface area contributed by atoms with Gasteiger partial charge in [-0.2, -0.15) is 0 Å². The van der Waals surface area contributed by atoms with E-state index in [9.17, 15) is 0 Å². The molecule has 2 rings (SSSR count). The smallest absolute Gasteiger partial charge is 0.189 e. The van der Waals surface area contributed by atoms with Crippen molar-refractivity contribution in [1.29, 1.82) is 0 Å². The summed E-state index contributed by atoms with van der Waals surface area (Å²) in [5.74, 6) is 0.476. The van der Waals surface area contributed by atoms with Gasteiger partial charge < -0.3 is 15.8 Å². The van der Waals surface area contributed by atoms with Crippen molar-refractivity contribution in [1.82, 2.24) is 10.2 Å². The van der Waals surface area contributed by atoms with Gasteiger partial charge in [-0.25, -0.2) is 4.99 Å². The van der Waals surface area contributed by atoms with Crippen LogP contribution in [0.25, 0.3) is 0 Å². The first-order valence-electron chi connectivity index (χ1n) is 9.03. The van der Waals surface area contributed by atoms with Crippen molar-refractivity contribution >= 4 is 5.96 Å². The maximum absolute atomic E-state index is 5.98. The van der Waals surface area contributed by atoms with E-state index in [2.05, 4.69) is 39.5 Å². The maximum Gasteiger partial charge on any atom is 0.189 e. The molecule has 1 saturated heterocycles. The van der Waals surface area contributed by atoms with Gasteiger partial charge in [-0.1, -0.05) is 37.1 Å². The van der Waals surface area contributed by atoms with Crippen molar-refractivity contribution in [3.63, 3.8) is 0 Å². The molecule has 3 N–H and O–H groups in total. The first kappa shape index (κ1) is 18.7. The summed E-state index contributed by atoms with van der Waals surface area (Å²) in [5, 5.41) is 3.15. The van der Waals surface area contributed by atoms with Crippen molar-refractivity contribution in [3.05, 3.63) is 35.4 Å². The van der Waals surface area contributed by atoms with Crippen LogP contribution < -0.4 is 11.1 Å². The van der Waals surface area contributed by atoms with Crippen LogP contribution in [0.3, 0.4) is 0 Å². The summed E-state index contributed by atoms with van der Waals surface area (Å²) < 4.78 is 5.10. The maximum atomic E-state index is 5.98. The topological polar surface area (TPSA) is 62.9 Å². The average Bonchev–Trinajstić information content (AvgIpc) is 2.83. The molecule has 1 aliphatic rings. The second kappa shape index (κ2) is 10.3. The molecule has 0 radical (unpaired) electrons. The molecule has 0 amide bonds. The SMILES string of the molecule is COCC(C)NC(N)=NCc1ccccc1CN1CCCCCC1. The zero-order chi connectivity index (χ0) is 17.2. The van der Waals surface area contributed by atoms with E-state index in [1.807, 2.05) is 6.92 Å². The Bertz CT molecular complexity index is 510. The Morgan fingerprint density at radius 3 is 2.54 bits per heavy atom. The fourth-order valence-corrected chi connectivity index (χ4v) is 3.16. The second-order valence-corrected chi connectivity index (χ2v) is 6.66. The molecule has 5 nitrogen and oxygen atoms in total. The van der Waals surface area contributed by atoms with Crippen LogP contribution in [0.1, 0.15) is 43.7 Å². The van der Waals surface area contributed by atoms with Gasteiger partial charge in [-0.3, -0.25) is 4.90 Å². The Morgan fingerprint density at radius 1 is 1.21 bits per heavy atom. The molecule has 1 aliphatic heterocycles. The molecular weight excluding hydrogens is 300 g/mol. The summed E-state index contributed by atoms with van der Waals surface area (Å²) in [6, 6.07) is 8.72. The van der Waals surface area contributed by atoms with Crippen LogP contribution in [0, 0.1) is 0 Å². The lowest BCUT2D eigenvalue weighted by atomic mass is 10.1. The summed E-state index contributed by atoms with van der Waals surface area (Å²) in [7, 11) is 1.69. The Hall–Kier alpha value is -1.59. The van der Waals surface area contributed by atoms with Crippen LogP contribution in [0.15, 0.2) is 29.3 Å². The molecule has 0 bridgehead atoms. The quantitative estimate of drug-likeness (QED) is 0.595. The Morgan fingerprint density at radius 2 is 1.88 bits per heavy atom. The number of methoxy groups -OCH3 is 1. The van der Waals surface area contributed by atoms with E-state index < -0.39 is 0 Å². The number of hydrogen-bond donors (Lipinski definition) is 2. The fourth-order valence-electron chi connectivity index (χ4n) is 3.16. The number of aliphatic imine (C=N–C) groups is 1. The van der Waals surface area contributed by atoms with Gasteiger partial charge >= 0.3 is 0 Å². The molecule has 0 spiro atoms. The first-order chi connectivity index (χ1) is 11.7. The van der Waals surface area contributed by atoms with Gasteiger partial charge in [0.25, 0.3) is 0 Å². The minimum absolute atomic E-state index is 0.158. The largest absolute Gasteiger partial charge is 0.383 e. The summed E-state index contributed by atoms with van der Waals surface area (Å²) >= 11 is 0. The third-order valence-electron chi connectivity index (χ3n) is 4.44. The molecule has 1 aromatic rings. The lowest BCUT2D eigenvalue weighted by Gasteiger charge is -2.21. The number of ether oxygens (including phenoxy) is 1. The van der Waals surface area contributed by atoms with E-state index in [0.29, 0.717) is 19.1 Å². The molecule has 5 heteroatoms. The van der Waals surface area contributed by atoms with Crippen LogP contribution in [0.5, 0.6) is 0 Å². The molecule has 1 atom stereocenters. The Balaban J connectivity index is 1.95. The van der Waals surface area contributed by atoms with E-state index in [1.54, 1.807) is 7.11 Å². The highest BCUT2D eigenvalue weighted by Crippen LogP contribution is 2.16. The molecule has 1 fully saturated rings. The van der Waals surface area contributed by atoms with Crippen LogP contribution in [-0.4, -0.2) is 43.7 Å². The number of nitrogens with two attached hydrogens (primary N) is 1. The fraction of sp³-hybridized carbons (Fsp3) is 0.632. The van der Waals surface area contributed by atoms with Gasteiger partial charge in [0.2, 0.25) is 0 Å². The number of guanidine groups is 1. The zero-order valence-electron chi connectivity index (χ0n) is 15.1. The third-order valence-corrected chi connectivity index (χ3v) is 4.44. The van der Waals surface area contributed by atoms with E-state index in [-0.39, 0.29) is 6.04 Å². The highest BCUT2D eigenvalue weighted by Gasteiger charge is 2.11. The van der Waals surface area contributed by atoms with Gasteiger partial charge in [0.05, 0.1) is 13.2 Å². The molecular formula is C19H32N4O. The number of benzene rings is 1. The summed E-state index contributed by atoms with van der Waals surface area (Å²) in [6.45, 7) is 6.67. The number of hydrogen-bond acceptors (Lipinski definition) is 3. The molecule has 0 saturated carbocycles. The van der Waals surface area contributed by atoms with E-state index in [0.717, 1.165) is 6.54 Å². The minimum Gasteiger partial charge on any atom is -0.383 e. The van der Waals surface area contributed by atoms with E-state index in [4.69, 9.17) is 10.5 Å². The predicted octanol–water partition coefficient (Wildman–Crippen LogP) is 2.50. The van der Waals surface area contributed by atoms with Crippen LogP contribution >= 0.6 is 0 Å². The highest BCUT2D eigenvalue weighted by molar-refractivity contribution is 5.78. The van der Waals surface area contributed by atoms with Crippen molar-refractivity contribution in [2.24, 2.45) is 10.7 Å². The van der Waals surface area contributed by atoms with Crippen LogP contribution in [-0.2, 0) is 17.8 Å². The minimum atomic E-state index is 0.158. The highest BCUT2D eigenvalue weighted by atomic mass is 16.5. The van der Waals surface area contributed by atoms with E-state index >= 15 is 0 Å². The summed E-state index contributed by atoms with van der Waals surface area (Å²) in [4.78, 5) is 7.07. The number of nitrogens with one attached hydrogen (secondary N) is 1. The standard InChI is InChI=1S/C19H32N4O/c1-16(15-24-2)22-19(20)21-13-17-9-5-6-10-18(17)14-23-11-7-3-4-8-12-23/h5-6,9-10,16H,3-4,7-8,11-15H2,1-2H3,(H3,20,21,22). The first-order valence-corrected chi connectivity index (χ1v) is 9.03. The summed E-state index contributed by atoms with van der Waals surface area (Å²) in [5.41, 5.74) is 8.60. The van der Waals surface area contributed by atoms with Crippen molar-refractivity contribution in [2.75, 3.05) is 26.8 Å². The number of likely N-dealkylation sites (tertiary alicyclic amines) is 1. The molecule has 134 valence electrons. The van der Waals surface area contributed by atoms with Crippen molar-refractivity contribution < 1.29 is 4.74 Å². The predicted molar refractivity (Wildman–Crippen MR) is 100.0 cm³/mol. The lowest BCUT2D eigenvalue weighted by Crippen LogP contribution is -2.40.